The van der Waals surface area contributed by atoms with E-state index in [0.29, 0.717) is 38.5 Å². The van der Waals surface area contributed by atoms with E-state index < -0.39 is 0 Å². The van der Waals surface area contributed by atoms with Crippen molar-refractivity contribution in [1.82, 2.24) is 10.6 Å². The highest BCUT2D eigenvalue weighted by atomic mass is 127. The van der Waals surface area contributed by atoms with Crippen molar-refractivity contribution >= 4 is 35.9 Å². The quantitative estimate of drug-likeness (QED) is 0.162. The summed E-state index contributed by atoms with van der Waals surface area (Å²) in [5, 5.41) is 6.39. The number of nitrogens with zero attached hydrogens (tertiary/aromatic N) is 1. The highest BCUT2D eigenvalue weighted by Gasteiger charge is 2.06. The monoisotopic (exact) mass is 493 g/mol. The first-order chi connectivity index (χ1) is 12.6. The lowest BCUT2D eigenvalue weighted by Crippen LogP contribution is -2.38. The maximum Gasteiger partial charge on any atom is 0.305 e. The van der Waals surface area contributed by atoms with Gasteiger partial charge in [-0.25, -0.2) is 4.99 Å². The van der Waals surface area contributed by atoms with Crippen molar-refractivity contribution in [2.24, 2.45) is 4.99 Å². The van der Waals surface area contributed by atoms with Gasteiger partial charge in [0.25, 0.3) is 0 Å². The zero-order valence-electron chi connectivity index (χ0n) is 16.6. The zero-order valence-corrected chi connectivity index (χ0v) is 18.9. The second-order valence-corrected chi connectivity index (χ2v) is 5.66. The van der Waals surface area contributed by atoms with E-state index in [-0.39, 0.29) is 36.0 Å². The molecule has 154 valence electrons. The molecule has 0 saturated carbocycles. The molecule has 0 aromatic heterocycles. The van der Waals surface area contributed by atoms with Crippen molar-refractivity contribution in [1.29, 1.82) is 0 Å². The van der Waals surface area contributed by atoms with E-state index in [0.717, 1.165) is 18.0 Å². The Balaban J connectivity index is 0.00000676. The average molecular weight is 493 g/mol. The van der Waals surface area contributed by atoms with Crippen LogP contribution in [0.15, 0.2) is 29.3 Å². The number of hydrogen-bond acceptors (Lipinski definition) is 5. The Morgan fingerprint density at radius 2 is 1.96 bits per heavy atom. The molecule has 0 aliphatic heterocycles. The summed E-state index contributed by atoms with van der Waals surface area (Å²) < 4.78 is 16.0. The minimum Gasteiger partial charge on any atom is -0.497 e. The number of halogens is 1. The van der Waals surface area contributed by atoms with Gasteiger partial charge in [-0.3, -0.25) is 4.79 Å². The molecule has 0 fully saturated rings. The topological polar surface area (TPSA) is 81.2 Å². The molecule has 27 heavy (non-hydrogen) atoms. The van der Waals surface area contributed by atoms with Gasteiger partial charge >= 0.3 is 5.97 Å². The summed E-state index contributed by atoms with van der Waals surface area (Å²) >= 11 is 0. The number of nitrogens with one attached hydrogen (secondary N) is 2. The van der Waals surface area contributed by atoms with E-state index in [1.807, 2.05) is 38.1 Å². The first-order valence-corrected chi connectivity index (χ1v) is 9.07. The van der Waals surface area contributed by atoms with Crippen LogP contribution in [0, 0.1) is 0 Å². The van der Waals surface area contributed by atoms with Gasteiger partial charge in [0.05, 0.1) is 20.3 Å². The zero-order chi connectivity index (χ0) is 19.2. The Morgan fingerprint density at radius 1 is 1.22 bits per heavy atom. The number of carbonyl (C=O) groups excluding carboxylic acids is 1. The summed E-state index contributed by atoms with van der Waals surface area (Å²) in [5.74, 6) is 2.04. The number of guanidine groups is 1. The maximum absolute atomic E-state index is 11.3. The van der Waals surface area contributed by atoms with Gasteiger partial charge in [0.15, 0.2) is 5.96 Å². The summed E-state index contributed by atoms with van der Waals surface area (Å²) in [6.45, 7) is 8.11. The van der Waals surface area contributed by atoms with E-state index >= 15 is 0 Å². The predicted octanol–water partition coefficient (Wildman–Crippen LogP) is 2.98. The third-order valence-corrected chi connectivity index (χ3v) is 3.38. The molecule has 1 unspecified atom stereocenters. The molecule has 0 aliphatic carbocycles. The molecule has 0 radical (unpaired) electrons. The molecule has 0 bridgehead atoms. The van der Waals surface area contributed by atoms with Gasteiger partial charge in [0, 0.05) is 25.6 Å². The largest absolute Gasteiger partial charge is 0.497 e. The fraction of sp³-hybridized carbons (Fsp3) is 0.579. The molecule has 0 spiro atoms. The van der Waals surface area contributed by atoms with Gasteiger partial charge < -0.3 is 24.8 Å². The van der Waals surface area contributed by atoms with Crippen LogP contribution in [0.5, 0.6) is 11.5 Å². The third kappa shape index (κ3) is 11.6. The van der Waals surface area contributed by atoms with Crippen molar-refractivity contribution in [3.63, 3.8) is 0 Å². The summed E-state index contributed by atoms with van der Waals surface area (Å²) in [6.07, 6.45) is 1.01. The first-order valence-electron chi connectivity index (χ1n) is 9.07. The van der Waals surface area contributed by atoms with E-state index in [2.05, 4.69) is 15.6 Å². The molecule has 7 nitrogen and oxygen atoms in total. The Bertz CT molecular complexity index is 570. The number of ether oxygens (including phenoxy) is 3. The van der Waals surface area contributed by atoms with Gasteiger partial charge in [-0.2, -0.15) is 0 Å². The fourth-order valence-electron chi connectivity index (χ4n) is 2.18. The van der Waals surface area contributed by atoms with E-state index in [4.69, 9.17) is 14.2 Å². The molecule has 1 aromatic rings. The molecule has 1 atom stereocenters. The van der Waals surface area contributed by atoms with E-state index in [9.17, 15) is 4.79 Å². The smallest absolute Gasteiger partial charge is 0.305 e. The minimum atomic E-state index is -0.170. The summed E-state index contributed by atoms with van der Waals surface area (Å²) in [7, 11) is 1.63. The molecule has 1 aromatic carbocycles. The summed E-state index contributed by atoms with van der Waals surface area (Å²) in [4.78, 5) is 15.9. The lowest BCUT2D eigenvalue weighted by atomic mass is 10.3. The minimum absolute atomic E-state index is 0. The molecular formula is C19H32IN3O4. The lowest BCUT2D eigenvalue weighted by molar-refractivity contribution is -0.143. The van der Waals surface area contributed by atoms with Gasteiger partial charge in [-0.1, -0.05) is 6.07 Å². The summed E-state index contributed by atoms with van der Waals surface area (Å²) in [5.41, 5.74) is 0. The number of esters is 1. The number of benzene rings is 1. The molecule has 8 heteroatoms. The maximum atomic E-state index is 11.3. The highest BCUT2D eigenvalue weighted by molar-refractivity contribution is 14.0. The predicted molar refractivity (Wildman–Crippen MR) is 118 cm³/mol. The van der Waals surface area contributed by atoms with Crippen molar-refractivity contribution in [3.05, 3.63) is 24.3 Å². The number of rotatable bonds is 11. The van der Waals surface area contributed by atoms with Gasteiger partial charge in [-0.05, 0) is 39.3 Å². The molecular weight excluding hydrogens is 461 g/mol. The first kappa shape index (κ1) is 25.3. The van der Waals surface area contributed by atoms with Crippen LogP contribution in [0.1, 0.15) is 33.6 Å². The second-order valence-electron chi connectivity index (χ2n) is 5.66. The molecule has 2 N–H and O–H groups in total. The number of aliphatic imine (C=N–C) groups is 1. The summed E-state index contributed by atoms with van der Waals surface area (Å²) in [6, 6.07) is 7.50. The van der Waals surface area contributed by atoms with Crippen LogP contribution in [0.3, 0.4) is 0 Å². The van der Waals surface area contributed by atoms with Crippen LogP contribution < -0.4 is 20.1 Å². The number of methoxy groups -OCH3 is 1. The molecule has 0 aliphatic rings. The molecule has 0 saturated heterocycles. The molecule has 1 rings (SSSR count). The van der Waals surface area contributed by atoms with Crippen LogP contribution in [0.4, 0.5) is 0 Å². The molecule has 0 heterocycles. The van der Waals surface area contributed by atoms with Crippen LogP contribution in [0.2, 0.25) is 0 Å². The normalized spacial score (nSPS) is 11.8. The SMILES string of the molecule is CCNC(=NCC(C)Oc1cccc(OC)c1)NCCCC(=O)OCC.I. The van der Waals surface area contributed by atoms with Gasteiger partial charge in [0.1, 0.15) is 17.6 Å². The average Bonchev–Trinajstić information content (AvgIpc) is 2.63. The highest BCUT2D eigenvalue weighted by Crippen LogP contribution is 2.19. The number of carbonyl (C=O) groups is 1. The van der Waals surface area contributed by atoms with Crippen molar-refractivity contribution < 1.29 is 19.0 Å². The van der Waals surface area contributed by atoms with Gasteiger partial charge in [0.2, 0.25) is 0 Å². The second kappa shape index (κ2) is 15.4. The van der Waals surface area contributed by atoms with Crippen molar-refractivity contribution in [2.45, 2.75) is 39.7 Å². The van der Waals surface area contributed by atoms with Gasteiger partial charge in [-0.15, -0.1) is 24.0 Å². The van der Waals surface area contributed by atoms with E-state index in [1.54, 1.807) is 14.0 Å². The van der Waals surface area contributed by atoms with Crippen molar-refractivity contribution in [3.8, 4) is 11.5 Å². The third-order valence-electron chi connectivity index (χ3n) is 3.38. The Kier molecular flexibility index (Phi) is 14.4. The number of hydrogen-bond donors (Lipinski definition) is 2. The van der Waals surface area contributed by atoms with E-state index in [1.165, 1.54) is 0 Å². The Morgan fingerprint density at radius 3 is 2.63 bits per heavy atom. The standard InChI is InChI=1S/C19H31N3O4.HI/c1-5-20-19(21-12-8-11-18(23)25-6-2)22-14-15(3)26-17-10-7-9-16(13-17)24-4;/h7,9-10,13,15H,5-6,8,11-12,14H2,1-4H3,(H2,20,21,22);1H. The fourth-order valence-corrected chi connectivity index (χ4v) is 2.18. The Labute approximate surface area is 179 Å². The van der Waals surface area contributed by atoms with Crippen molar-refractivity contribution in [2.75, 3.05) is 33.4 Å². The Hall–Kier alpha value is -1.71. The van der Waals surface area contributed by atoms with Crippen LogP contribution in [-0.4, -0.2) is 51.4 Å². The van der Waals surface area contributed by atoms with Crippen LogP contribution >= 0.6 is 24.0 Å². The molecule has 0 amide bonds. The van der Waals surface area contributed by atoms with Crippen LogP contribution in [-0.2, 0) is 9.53 Å². The van der Waals surface area contributed by atoms with Crippen LogP contribution in [0.25, 0.3) is 0 Å². The lowest BCUT2D eigenvalue weighted by Gasteiger charge is -2.15.